The zero-order chi connectivity index (χ0) is 19.5. The Bertz CT molecular complexity index is 472. The summed E-state index contributed by atoms with van der Waals surface area (Å²) in [5.41, 5.74) is 0.605. The first-order valence-corrected chi connectivity index (χ1v) is 8.72. The molecule has 0 aliphatic heterocycles. The van der Waals surface area contributed by atoms with E-state index in [1.54, 1.807) is 13.8 Å². The lowest BCUT2D eigenvalue weighted by Crippen LogP contribution is -2.36. The normalized spacial score (nSPS) is 12.4. The number of nitrogens with one attached hydrogen (secondary N) is 2. The van der Waals surface area contributed by atoms with Crippen LogP contribution in [0, 0.1) is 0 Å². The van der Waals surface area contributed by atoms with Crippen LogP contribution >= 0.6 is 0 Å². The molecule has 2 amide bonds. The van der Waals surface area contributed by atoms with Crippen LogP contribution < -0.4 is 10.6 Å². The lowest BCUT2D eigenvalue weighted by atomic mass is 9.99. The van der Waals surface area contributed by atoms with Gasteiger partial charge in [0.25, 0.3) is 0 Å². The topological polar surface area (TPSA) is 76.7 Å². The zero-order valence-corrected chi connectivity index (χ0v) is 16.4. The maximum absolute atomic E-state index is 11.4. The Morgan fingerprint density at radius 1 is 1.00 bits per heavy atom. The van der Waals surface area contributed by atoms with Crippen molar-refractivity contribution < 1.29 is 19.1 Å². The molecule has 6 heteroatoms. The summed E-state index contributed by atoms with van der Waals surface area (Å²) in [7, 11) is 0. The molecule has 0 aromatic rings. The van der Waals surface area contributed by atoms with Crippen molar-refractivity contribution in [1.82, 2.24) is 10.6 Å². The van der Waals surface area contributed by atoms with Crippen LogP contribution in [0.1, 0.15) is 47.5 Å². The second-order valence-corrected chi connectivity index (χ2v) is 6.79. The lowest BCUT2D eigenvalue weighted by Gasteiger charge is -2.30. The molecule has 1 unspecified atom stereocenters. The van der Waals surface area contributed by atoms with Gasteiger partial charge in [0.1, 0.15) is 0 Å². The molecule has 0 aliphatic rings. The van der Waals surface area contributed by atoms with E-state index in [9.17, 15) is 9.59 Å². The van der Waals surface area contributed by atoms with Crippen LogP contribution in [0.3, 0.4) is 0 Å². The minimum Gasteiger partial charge on any atom is -0.376 e. The maximum Gasteiger partial charge on any atom is 0.246 e. The summed E-state index contributed by atoms with van der Waals surface area (Å²) in [6.45, 7) is 18.4. The van der Waals surface area contributed by atoms with Gasteiger partial charge in [0, 0.05) is 30.7 Å². The highest BCUT2D eigenvalue weighted by Crippen LogP contribution is 2.20. The van der Waals surface area contributed by atoms with E-state index >= 15 is 0 Å². The van der Waals surface area contributed by atoms with Crippen LogP contribution in [0.2, 0.25) is 0 Å². The minimum absolute atomic E-state index is 0.0433. The number of hydrogen-bond donors (Lipinski definition) is 2. The van der Waals surface area contributed by atoms with Crippen molar-refractivity contribution in [1.29, 1.82) is 0 Å². The molecule has 2 N–H and O–H groups in total. The molecule has 0 spiro atoms. The van der Waals surface area contributed by atoms with Crippen molar-refractivity contribution in [3.63, 3.8) is 0 Å². The first-order chi connectivity index (χ1) is 11.6. The molecule has 0 saturated heterocycles. The number of rotatable bonds is 13. The van der Waals surface area contributed by atoms with Crippen LogP contribution in [-0.2, 0) is 19.1 Å². The second kappa shape index (κ2) is 11.8. The first-order valence-electron chi connectivity index (χ1n) is 8.72. The zero-order valence-electron chi connectivity index (χ0n) is 16.4. The largest absolute Gasteiger partial charge is 0.376 e. The minimum atomic E-state index is -0.365. The first kappa shape index (κ1) is 23.3. The van der Waals surface area contributed by atoms with E-state index in [2.05, 4.69) is 30.7 Å². The second-order valence-electron chi connectivity index (χ2n) is 6.79. The molecule has 1 atom stereocenters. The summed E-state index contributed by atoms with van der Waals surface area (Å²) in [4.78, 5) is 22.8. The van der Waals surface area contributed by atoms with Crippen molar-refractivity contribution in [3.05, 3.63) is 24.3 Å². The number of carbonyl (C=O) groups excluding carboxylic acids is 2. The number of carbonyl (C=O) groups is 2. The summed E-state index contributed by atoms with van der Waals surface area (Å²) in [6, 6.07) is 0. The molecule has 0 heterocycles. The Morgan fingerprint density at radius 3 is 1.92 bits per heavy atom. The van der Waals surface area contributed by atoms with Crippen molar-refractivity contribution in [3.8, 4) is 0 Å². The average molecular weight is 354 g/mol. The molecular weight excluding hydrogens is 320 g/mol. The Kier molecular flexibility index (Phi) is 11.0. The summed E-state index contributed by atoms with van der Waals surface area (Å²) in [5.74, 6) is -0.315. The molecular formula is C19H34N2O4. The molecule has 0 bridgehead atoms. The Morgan fingerprint density at radius 2 is 1.48 bits per heavy atom. The van der Waals surface area contributed by atoms with Crippen molar-refractivity contribution >= 4 is 11.8 Å². The van der Waals surface area contributed by atoms with Gasteiger partial charge in [-0.2, -0.15) is 0 Å². The smallest absolute Gasteiger partial charge is 0.246 e. The van der Waals surface area contributed by atoms with Crippen LogP contribution in [0.4, 0.5) is 0 Å². The van der Waals surface area contributed by atoms with Gasteiger partial charge < -0.3 is 20.1 Å². The highest BCUT2D eigenvalue weighted by atomic mass is 16.5. The Balaban J connectivity index is 4.08. The average Bonchev–Trinajstić information content (AvgIpc) is 2.53. The van der Waals surface area contributed by atoms with Gasteiger partial charge in [-0.25, -0.2) is 0 Å². The highest BCUT2D eigenvalue weighted by Gasteiger charge is 2.23. The maximum atomic E-state index is 11.4. The fourth-order valence-electron chi connectivity index (χ4n) is 2.11. The van der Waals surface area contributed by atoms with E-state index < -0.39 is 0 Å². The van der Waals surface area contributed by atoms with Crippen molar-refractivity contribution in [2.24, 2.45) is 0 Å². The van der Waals surface area contributed by atoms with Gasteiger partial charge in [0.2, 0.25) is 11.8 Å². The summed E-state index contributed by atoms with van der Waals surface area (Å²) in [6.07, 6.45) is 1.63. The van der Waals surface area contributed by atoms with E-state index in [4.69, 9.17) is 9.47 Å². The van der Waals surface area contributed by atoms with Crippen LogP contribution in [-0.4, -0.2) is 49.8 Å². The molecule has 0 radical (unpaired) electrons. The molecule has 0 aromatic heterocycles. The third-order valence-electron chi connectivity index (χ3n) is 3.57. The number of hydrogen-bond acceptors (Lipinski definition) is 4. The van der Waals surface area contributed by atoms with Crippen LogP contribution in [0.5, 0.6) is 0 Å². The van der Waals surface area contributed by atoms with Crippen LogP contribution in [0.15, 0.2) is 24.3 Å². The van der Waals surface area contributed by atoms with E-state index in [0.29, 0.717) is 37.4 Å². The SMILES string of the molecule is C=C(C)C(=O)NCCOC(CC)CC(C)(C)OCCNC(=O)C(=C)C. The predicted octanol–water partition coefficient (Wildman–Crippen LogP) is 2.35. The van der Waals surface area contributed by atoms with E-state index in [-0.39, 0.29) is 23.5 Å². The molecule has 0 rings (SSSR count). The van der Waals surface area contributed by atoms with Gasteiger partial charge in [-0.3, -0.25) is 9.59 Å². The van der Waals surface area contributed by atoms with Crippen molar-refractivity contribution in [2.75, 3.05) is 26.3 Å². The molecule has 25 heavy (non-hydrogen) atoms. The summed E-state index contributed by atoms with van der Waals surface area (Å²) >= 11 is 0. The molecule has 0 fully saturated rings. The molecule has 0 aromatic carbocycles. The van der Waals surface area contributed by atoms with Gasteiger partial charge in [-0.15, -0.1) is 0 Å². The molecule has 0 aliphatic carbocycles. The third kappa shape index (κ3) is 11.5. The van der Waals surface area contributed by atoms with E-state index in [1.807, 2.05) is 13.8 Å². The van der Waals surface area contributed by atoms with Gasteiger partial charge in [0.05, 0.1) is 24.9 Å². The van der Waals surface area contributed by atoms with E-state index in [1.165, 1.54) is 0 Å². The lowest BCUT2D eigenvalue weighted by molar-refractivity contribution is -0.118. The molecule has 6 nitrogen and oxygen atoms in total. The van der Waals surface area contributed by atoms with Gasteiger partial charge in [-0.05, 0) is 34.1 Å². The Labute approximate surface area is 152 Å². The summed E-state index contributed by atoms with van der Waals surface area (Å²) in [5, 5.41) is 5.49. The van der Waals surface area contributed by atoms with Gasteiger partial charge in [-0.1, -0.05) is 20.1 Å². The summed E-state index contributed by atoms with van der Waals surface area (Å²) < 4.78 is 11.7. The third-order valence-corrected chi connectivity index (χ3v) is 3.57. The van der Waals surface area contributed by atoms with Crippen molar-refractivity contribution in [2.45, 2.75) is 59.2 Å². The van der Waals surface area contributed by atoms with Crippen LogP contribution in [0.25, 0.3) is 0 Å². The number of ether oxygens (including phenoxy) is 2. The molecule has 144 valence electrons. The highest BCUT2D eigenvalue weighted by molar-refractivity contribution is 5.92. The molecule has 0 saturated carbocycles. The monoisotopic (exact) mass is 354 g/mol. The number of amides is 2. The fraction of sp³-hybridized carbons (Fsp3) is 0.684. The van der Waals surface area contributed by atoms with E-state index in [0.717, 1.165) is 12.8 Å². The quantitative estimate of drug-likeness (QED) is 0.393. The fourth-order valence-corrected chi connectivity index (χ4v) is 2.11. The van der Waals surface area contributed by atoms with Gasteiger partial charge >= 0.3 is 0 Å². The predicted molar refractivity (Wildman–Crippen MR) is 100 cm³/mol. The van der Waals surface area contributed by atoms with Gasteiger partial charge in [0.15, 0.2) is 0 Å². The Hall–Kier alpha value is -1.66. The standard InChI is InChI=1S/C19H34N2O4/c1-8-16(24-11-9-20-17(22)14(2)3)13-19(6,7)25-12-10-21-18(23)15(4)5/h16H,2,4,8-13H2,1,3,5-7H3,(H,20,22)(H,21,23).